The summed E-state index contributed by atoms with van der Waals surface area (Å²) < 4.78 is 0. The zero-order valence-corrected chi connectivity index (χ0v) is 42.9. The molecule has 70 heavy (non-hydrogen) atoms. The van der Waals surface area contributed by atoms with Gasteiger partial charge in [0.05, 0.1) is 10.8 Å². The van der Waals surface area contributed by atoms with Crippen molar-refractivity contribution in [1.29, 1.82) is 0 Å². The molecule has 0 amide bonds. The summed E-state index contributed by atoms with van der Waals surface area (Å²) in [4.78, 5) is 0. The van der Waals surface area contributed by atoms with Gasteiger partial charge in [-0.3, -0.25) is 0 Å². The zero-order valence-electron chi connectivity index (χ0n) is 42.9. The lowest BCUT2D eigenvalue weighted by Crippen LogP contribution is -2.28. The standard InChI is InChI=1S/C33H22.C25H18.4C2H6.2C2H4/c1-3-11-25-21-27(19-17-23(25)9-1)33(28-20-18-24-10-2-4-12-26(24)22-28)31-15-7-5-13-29(31)30-14-6-8-16-32(30)33;1-3-11-19(12-4-1)25(20-13-5-2-6-14-20)23-17-9-7-15-21(23)22-16-8-10-18-24(22)25;6*1-2/h1-22H;1-18H;4*1-2H3;2*1-2H2. The molecule has 0 radical (unpaired) electrons. The summed E-state index contributed by atoms with van der Waals surface area (Å²) in [6.45, 7) is 28.0. The van der Waals surface area contributed by atoms with Crippen LogP contribution in [0.4, 0.5) is 0 Å². The van der Waals surface area contributed by atoms with E-state index in [4.69, 9.17) is 0 Å². The van der Waals surface area contributed by atoms with Gasteiger partial charge in [0.25, 0.3) is 0 Å². The minimum Gasteiger partial charge on any atom is -0.106 e. The van der Waals surface area contributed by atoms with E-state index in [-0.39, 0.29) is 10.8 Å². The van der Waals surface area contributed by atoms with Crippen LogP contribution in [0.2, 0.25) is 0 Å². The summed E-state index contributed by atoms with van der Waals surface area (Å²) in [5.41, 5.74) is 15.4. The van der Waals surface area contributed by atoms with Crippen LogP contribution in [0.15, 0.2) is 269 Å². The van der Waals surface area contributed by atoms with Crippen LogP contribution >= 0.6 is 0 Å². The quantitative estimate of drug-likeness (QED) is 0.154. The van der Waals surface area contributed by atoms with E-state index in [0.717, 1.165) is 0 Å². The molecule has 0 N–H and O–H groups in total. The molecule has 0 atom stereocenters. The van der Waals surface area contributed by atoms with Crippen molar-refractivity contribution in [1.82, 2.24) is 0 Å². The van der Waals surface area contributed by atoms with Crippen LogP contribution in [0.1, 0.15) is 99.9 Å². The van der Waals surface area contributed by atoms with Gasteiger partial charge in [0.1, 0.15) is 0 Å². The molecule has 0 saturated carbocycles. The van der Waals surface area contributed by atoms with Gasteiger partial charge in [0.15, 0.2) is 0 Å². The minimum atomic E-state index is -0.360. The fourth-order valence-electron chi connectivity index (χ4n) is 10.3. The first kappa shape index (κ1) is 53.2. The van der Waals surface area contributed by atoms with Crippen molar-refractivity contribution in [2.75, 3.05) is 0 Å². The fourth-order valence-corrected chi connectivity index (χ4v) is 10.3. The molecule has 10 aromatic carbocycles. The molecule has 0 unspecified atom stereocenters. The lowest BCUT2D eigenvalue weighted by Gasteiger charge is -2.34. The smallest absolute Gasteiger partial charge is 0.0714 e. The van der Waals surface area contributed by atoms with Gasteiger partial charge in [-0.2, -0.15) is 0 Å². The molecular weight excluding hydrogens is 841 g/mol. The van der Waals surface area contributed by atoms with Crippen LogP contribution < -0.4 is 0 Å². The molecule has 0 heterocycles. The van der Waals surface area contributed by atoms with Crippen molar-refractivity contribution in [2.24, 2.45) is 0 Å². The van der Waals surface area contributed by atoms with E-state index in [0.29, 0.717) is 0 Å². The largest absolute Gasteiger partial charge is 0.106 e. The van der Waals surface area contributed by atoms with Crippen molar-refractivity contribution >= 4 is 21.5 Å². The molecule has 352 valence electrons. The summed E-state index contributed by atoms with van der Waals surface area (Å²) in [5, 5.41) is 5.10. The highest BCUT2D eigenvalue weighted by Gasteiger charge is 2.47. The highest BCUT2D eigenvalue weighted by Crippen LogP contribution is 2.57. The van der Waals surface area contributed by atoms with Crippen LogP contribution in [-0.2, 0) is 10.8 Å². The van der Waals surface area contributed by atoms with E-state index in [2.05, 4.69) is 269 Å². The van der Waals surface area contributed by atoms with Crippen LogP contribution in [0.3, 0.4) is 0 Å². The maximum absolute atomic E-state index is 3.00. The second-order valence-corrected chi connectivity index (χ2v) is 15.5. The van der Waals surface area contributed by atoms with E-state index >= 15 is 0 Å². The summed E-state index contributed by atoms with van der Waals surface area (Å²) >= 11 is 0. The summed E-state index contributed by atoms with van der Waals surface area (Å²) in [6.07, 6.45) is 0. The Balaban J connectivity index is 0.000000220. The summed E-state index contributed by atoms with van der Waals surface area (Å²) in [5.74, 6) is 0. The Labute approximate surface area is 421 Å². The summed E-state index contributed by atoms with van der Waals surface area (Å²) in [7, 11) is 0. The van der Waals surface area contributed by atoms with Gasteiger partial charge in [-0.05, 0) is 100 Å². The van der Waals surface area contributed by atoms with E-state index < -0.39 is 0 Å². The number of rotatable bonds is 4. The molecule has 0 aliphatic heterocycles. The van der Waals surface area contributed by atoms with E-state index in [1.165, 1.54) is 88.3 Å². The Hall–Kier alpha value is -7.80. The van der Waals surface area contributed by atoms with Crippen molar-refractivity contribution in [2.45, 2.75) is 66.2 Å². The van der Waals surface area contributed by atoms with Crippen molar-refractivity contribution in [3.63, 3.8) is 0 Å². The van der Waals surface area contributed by atoms with Gasteiger partial charge in [-0.1, -0.05) is 286 Å². The van der Waals surface area contributed by atoms with Gasteiger partial charge < -0.3 is 0 Å². The van der Waals surface area contributed by atoms with Crippen LogP contribution in [-0.4, -0.2) is 0 Å². The van der Waals surface area contributed by atoms with E-state index in [1.807, 2.05) is 55.4 Å². The number of fused-ring (bicyclic) bond motifs is 8. The molecule has 2 aliphatic rings. The maximum atomic E-state index is 3.00. The average Bonchev–Trinajstić information content (AvgIpc) is 3.95. The van der Waals surface area contributed by atoms with Gasteiger partial charge in [0.2, 0.25) is 0 Å². The van der Waals surface area contributed by atoms with Crippen LogP contribution in [0, 0.1) is 0 Å². The highest BCUT2D eigenvalue weighted by atomic mass is 14.5. The minimum absolute atomic E-state index is 0.254. The van der Waals surface area contributed by atoms with Gasteiger partial charge in [-0.25, -0.2) is 0 Å². The molecule has 0 heteroatoms. The van der Waals surface area contributed by atoms with E-state index in [1.54, 1.807) is 0 Å². The average molecular weight is 913 g/mol. The Morgan fingerprint density at radius 1 is 0.214 bits per heavy atom. The van der Waals surface area contributed by atoms with Gasteiger partial charge in [-0.15, -0.1) is 26.3 Å². The predicted octanol–water partition coefficient (Wildman–Crippen LogP) is 20.1. The van der Waals surface area contributed by atoms with Crippen molar-refractivity contribution in [3.8, 4) is 22.3 Å². The van der Waals surface area contributed by atoms with Crippen LogP contribution in [0.25, 0.3) is 43.8 Å². The molecule has 2 aliphatic carbocycles. The Morgan fingerprint density at radius 3 is 0.743 bits per heavy atom. The first-order valence-electron chi connectivity index (χ1n) is 25.3. The number of benzene rings is 10. The lowest BCUT2D eigenvalue weighted by molar-refractivity contribution is 0.768. The summed E-state index contributed by atoms with van der Waals surface area (Å²) in [6, 6.07) is 88.6. The zero-order chi connectivity index (χ0) is 50.5. The Bertz CT molecular complexity index is 2940. The topological polar surface area (TPSA) is 0 Å². The normalized spacial score (nSPS) is 11.9. The first-order chi connectivity index (χ1) is 34.8. The molecule has 0 nitrogen and oxygen atoms in total. The predicted molar refractivity (Wildman–Crippen MR) is 310 cm³/mol. The number of hydrogen-bond acceptors (Lipinski definition) is 0. The third-order valence-corrected chi connectivity index (χ3v) is 12.7. The third-order valence-electron chi connectivity index (χ3n) is 12.7. The monoisotopic (exact) mass is 913 g/mol. The van der Waals surface area contributed by atoms with E-state index in [9.17, 15) is 0 Å². The second kappa shape index (κ2) is 26.1. The first-order valence-corrected chi connectivity index (χ1v) is 25.3. The van der Waals surface area contributed by atoms with Crippen LogP contribution in [0.5, 0.6) is 0 Å². The molecular formula is C70H72. The SMILES string of the molecule is C=C.C=C.CC.CC.CC.CC.c1ccc(C2(c3ccccc3)c3ccccc3-c3ccccc32)cc1.c1ccc2c(c1)-c1ccccc1C2(c1ccc2ccccc2c1)c1ccc2ccccc2c1. The highest BCUT2D eigenvalue weighted by molar-refractivity contribution is 5.92. The van der Waals surface area contributed by atoms with Gasteiger partial charge >= 0.3 is 0 Å². The lowest BCUT2D eigenvalue weighted by atomic mass is 9.67. The molecule has 0 bridgehead atoms. The third kappa shape index (κ3) is 9.61. The molecule has 0 saturated heterocycles. The molecule has 0 spiro atoms. The van der Waals surface area contributed by atoms with Gasteiger partial charge in [0, 0.05) is 0 Å². The molecule has 12 rings (SSSR count). The fraction of sp³-hybridized carbons (Fsp3) is 0.143. The Kier molecular flexibility index (Phi) is 19.8. The molecule has 0 fully saturated rings. The van der Waals surface area contributed by atoms with Crippen molar-refractivity contribution in [3.05, 3.63) is 313 Å². The second-order valence-electron chi connectivity index (χ2n) is 15.5. The molecule has 0 aromatic heterocycles. The molecule has 10 aromatic rings. The Morgan fingerprint density at radius 2 is 0.443 bits per heavy atom. The number of hydrogen-bond donors (Lipinski definition) is 0. The van der Waals surface area contributed by atoms with Crippen molar-refractivity contribution < 1.29 is 0 Å². The maximum Gasteiger partial charge on any atom is 0.0714 e.